The Labute approximate surface area is 108 Å². The zero-order chi connectivity index (χ0) is 12.5. The van der Waals surface area contributed by atoms with Gasteiger partial charge in [0.05, 0.1) is 12.6 Å². The topological polar surface area (TPSA) is 25.0 Å². The Kier molecular flexibility index (Phi) is 3.02. The number of aromatic amines is 1. The molecule has 0 saturated heterocycles. The van der Waals surface area contributed by atoms with E-state index in [1.807, 2.05) is 6.07 Å². The second-order valence-electron chi connectivity index (χ2n) is 5.60. The molecule has 1 aromatic heterocycles. The zero-order valence-corrected chi connectivity index (χ0v) is 11.2. The maximum Gasteiger partial charge on any atom is 0.142 e. The first-order valence-electron chi connectivity index (χ1n) is 6.93. The smallest absolute Gasteiger partial charge is 0.142 e. The van der Waals surface area contributed by atoms with Crippen LogP contribution >= 0.6 is 0 Å². The summed E-state index contributed by atoms with van der Waals surface area (Å²) in [6.07, 6.45) is 7.60. The average molecular weight is 243 g/mol. The molecule has 96 valence electrons. The summed E-state index contributed by atoms with van der Waals surface area (Å²) in [5.41, 5.74) is 2.63. The summed E-state index contributed by atoms with van der Waals surface area (Å²) < 4.78 is 5.42. The van der Waals surface area contributed by atoms with Gasteiger partial charge in [-0.15, -0.1) is 0 Å². The minimum atomic E-state index is 0.717. The van der Waals surface area contributed by atoms with E-state index in [1.54, 1.807) is 7.11 Å². The molecular weight excluding hydrogens is 222 g/mol. The van der Waals surface area contributed by atoms with Gasteiger partial charge in [-0.05, 0) is 36.3 Å². The number of H-pyrrole nitrogens is 1. The molecule has 1 saturated carbocycles. The predicted octanol–water partition coefficient (Wildman–Crippen LogP) is 4.47. The van der Waals surface area contributed by atoms with Gasteiger partial charge in [-0.3, -0.25) is 0 Å². The minimum Gasteiger partial charge on any atom is -0.495 e. The van der Waals surface area contributed by atoms with Crippen molar-refractivity contribution in [2.24, 2.45) is 5.92 Å². The van der Waals surface area contributed by atoms with Gasteiger partial charge in [-0.2, -0.15) is 0 Å². The Morgan fingerprint density at radius 1 is 1.28 bits per heavy atom. The van der Waals surface area contributed by atoms with Crippen molar-refractivity contribution in [2.75, 3.05) is 7.11 Å². The molecule has 2 atom stereocenters. The van der Waals surface area contributed by atoms with Gasteiger partial charge in [0.1, 0.15) is 5.75 Å². The van der Waals surface area contributed by atoms with Crippen molar-refractivity contribution >= 4 is 10.9 Å². The molecule has 0 aliphatic heterocycles. The number of benzene rings is 1. The summed E-state index contributed by atoms with van der Waals surface area (Å²) in [5, 5.41) is 1.34. The van der Waals surface area contributed by atoms with Crippen molar-refractivity contribution in [3.05, 3.63) is 30.0 Å². The molecule has 1 aliphatic carbocycles. The van der Waals surface area contributed by atoms with Crippen LogP contribution in [0.15, 0.2) is 24.4 Å². The first-order valence-corrected chi connectivity index (χ1v) is 6.93. The number of rotatable bonds is 2. The molecule has 0 amide bonds. The Hall–Kier alpha value is -1.44. The molecule has 2 unspecified atom stereocenters. The zero-order valence-electron chi connectivity index (χ0n) is 11.2. The quantitative estimate of drug-likeness (QED) is 0.827. The van der Waals surface area contributed by atoms with E-state index in [1.165, 1.54) is 36.6 Å². The highest BCUT2D eigenvalue weighted by atomic mass is 16.5. The molecule has 18 heavy (non-hydrogen) atoms. The monoisotopic (exact) mass is 243 g/mol. The van der Waals surface area contributed by atoms with Gasteiger partial charge in [0, 0.05) is 11.6 Å². The molecule has 1 heterocycles. The standard InChI is InChI=1S/C16H21NO/c1-11-5-3-6-12(9-11)14-10-17-16-13(14)7-4-8-15(16)18-2/h4,7-8,10-12,17H,3,5-6,9H2,1-2H3. The van der Waals surface area contributed by atoms with Crippen LogP contribution in [0, 0.1) is 5.92 Å². The Bertz CT molecular complexity index is 543. The lowest BCUT2D eigenvalue weighted by atomic mass is 9.79. The van der Waals surface area contributed by atoms with Gasteiger partial charge in [-0.25, -0.2) is 0 Å². The van der Waals surface area contributed by atoms with Crippen LogP contribution in [0.4, 0.5) is 0 Å². The molecule has 1 aliphatic rings. The van der Waals surface area contributed by atoms with Crippen molar-refractivity contribution in [3.8, 4) is 5.75 Å². The van der Waals surface area contributed by atoms with Gasteiger partial charge in [0.25, 0.3) is 0 Å². The fraction of sp³-hybridized carbons (Fsp3) is 0.500. The van der Waals surface area contributed by atoms with E-state index in [0.717, 1.165) is 23.1 Å². The van der Waals surface area contributed by atoms with E-state index in [4.69, 9.17) is 4.74 Å². The summed E-state index contributed by atoms with van der Waals surface area (Å²) in [6, 6.07) is 6.32. The Balaban J connectivity index is 2.02. The van der Waals surface area contributed by atoms with Crippen LogP contribution in [0.2, 0.25) is 0 Å². The van der Waals surface area contributed by atoms with Crippen molar-refractivity contribution < 1.29 is 4.74 Å². The van der Waals surface area contributed by atoms with Crippen LogP contribution in [0.1, 0.15) is 44.1 Å². The molecule has 2 aromatic rings. The molecule has 0 spiro atoms. The number of para-hydroxylation sites is 1. The largest absolute Gasteiger partial charge is 0.495 e. The maximum absolute atomic E-state index is 5.42. The maximum atomic E-state index is 5.42. The van der Waals surface area contributed by atoms with Crippen LogP contribution in [-0.4, -0.2) is 12.1 Å². The summed E-state index contributed by atoms with van der Waals surface area (Å²) in [4.78, 5) is 3.39. The second-order valence-corrected chi connectivity index (χ2v) is 5.60. The summed E-state index contributed by atoms with van der Waals surface area (Å²) in [7, 11) is 1.73. The number of hydrogen-bond acceptors (Lipinski definition) is 1. The number of fused-ring (bicyclic) bond motifs is 1. The van der Waals surface area contributed by atoms with E-state index in [2.05, 4.69) is 30.2 Å². The van der Waals surface area contributed by atoms with Crippen molar-refractivity contribution in [3.63, 3.8) is 0 Å². The summed E-state index contributed by atoms with van der Waals surface area (Å²) in [5.74, 6) is 2.52. The predicted molar refractivity (Wildman–Crippen MR) is 75.2 cm³/mol. The fourth-order valence-corrected chi connectivity index (χ4v) is 3.37. The van der Waals surface area contributed by atoms with Crippen molar-refractivity contribution in [1.82, 2.24) is 4.98 Å². The van der Waals surface area contributed by atoms with Crippen LogP contribution in [0.3, 0.4) is 0 Å². The molecule has 2 heteroatoms. The van der Waals surface area contributed by atoms with Gasteiger partial charge < -0.3 is 9.72 Å². The molecule has 0 bridgehead atoms. The molecule has 1 aromatic carbocycles. The van der Waals surface area contributed by atoms with Crippen molar-refractivity contribution in [2.45, 2.75) is 38.5 Å². The lowest BCUT2D eigenvalue weighted by molar-refractivity contribution is 0.345. The molecular formula is C16H21NO. The number of methoxy groups -OCH3 is 1. The van der Waals surface area contributed by atoms with Crippen molar-refractivity contribution in [1.29, 1.82) is 0 Å². The highest BCUT2D eigenvalue weighted by Gasteiger charge is 2.23. The lowest BCUT2D eigenvalue weighted by Crippen LogP contribution is -2.11. The first-order chi connectivity index (χ1) is 8.79. The number of ether oxygens (including phenoxy) is 1. The van der Waals surface area contributed by atoms with E-state index >= 15 is 0 Å². The number of hydrogen-bond donors (Lipinski definition) is 1. The highest BCUT2D eigenvalue weighted by Crippen LogP contribution is 2.40. The Morgan fingerprint density at radius 3 is 2.94 bits per heavy atom. The summed E-state index contributed by atoms with van der Waals surface area (Å²) in [6.45, 7) is 2.38. The number of aromatic nitrogens is 1. The van der Waals surface area contributed by atoms with Gasteiger partial charge in [0.15, 0.2) is 0 Å². The number of nitrogens with one attached hydrogen (secondary N) is 1. The van der Waals surface area contributed by atoms with E-state index < -0.39 is 0 Å². The van der Waals surface area contributed by atoms with E-state index in [-0.39, 0.29) is 0 Å². The Morgan fingerprint density at radius 2 is 2.17 bits per heavy atom. The van der Waals surface area contributed by atoms with Crippen LogP contribution < -0.4 is 4.74 Å². The SMILES string of the molecule is COc1cccc2c(C3CCCC(C)C3)c[nH]c12. The molecule has 1 fully saturated rings. The first kappa shape index (κ1) is 11.6. The third-order valence-corrected chi connectivity index (χ3v) is 4.31. The van der Waals surface area contributed by atoms with Gasteiger partial charge in [0.2, 0.25) is 0 Å². The van der Waals surface area contributed by atoms with Crippen LogP contribution in [0.5, 0.6) is 5.75 Å². The average Bonchev–Trinajstić information content (AvgIpc) is 2.82. The lowest BCUT2D eigenvalue weighted by Gasteiger charge is -2.26. The normalized spacial score (nSPS) is 24.3. The van der Waals surface area contributed by atoms with Crippen LogP contribution in [0.25, 0.3) is 10.9 Å². The fourth-order valence-electron chi connectivity index (χ4n) is 3.37. The summed E-state index contributed by atoms with van der Waals surface area (Å²) >= 11 is 0. The van der Waals surface area contributed by atoms with Crippen LogP contribution in [-0.2, 0) is 0 Å². The molecule has 1 N–H and O–H groups in total. The van der Waals surface area contributed by atoms with Gasteiger partial charge >= 0.3 is 0 Å². The van der Waals surface area contributed by atoms with E-state index in [0.29, 0.717) is 0 Å². The molecule has 2 nitrogen and oxygen atoms in total. The molecule has 3 rings (SSSR count). The highest BCUT2D eigenvalue weighted by molar-refractivity contribution is 5.88. The second kappa shape index (κ2) is 4.68. The third kappa shape index (κ3) is 1.90. The van der Waals surface area contributed by atoms with E-state index in [9.17, 15) is 0 Å². The van der Waals surface area contributed by atoms with Gasteiger partial charge in [-0.1, -0.05) is 31.9 Å². The minimum absolute atomic E-state index is 0.717. The molecule has 0 radical (unpaired) electrons. The third-order valence-electron chi connectivity index (χ3n) is 4.31.